The van der Waals surface area contributed by atoms with E-state index < -0.39 is 5.97 Å². The van der Waals surface area contributed by atoms with Crippen molar-refractivity contribution in [2.24, 2.45) is 0 Å². The summed E-state index contributed by atoms with van der Waals surface area (Å²) in [7, 11) is 1.34. The summed E-state index contributed by atoms with van der Waals surface area (Å²) in [6, 6.07) is 28.8. The average Bonchev–Trinajstić information content (AvgIpc) is 2.79. The maximum atomic E-state index is 12.8. The Morgan fingerprint density at radius 1 is 0.800 bits per heavy atom. The molecule has 1 N–H and O–H groups in total. The van der Waals surface area contributed by atoms with Crippen LogP contribution in [0.2, 0.25) is 0 Å². The molecule has 0 heterocycles. The van der Waals surface area contributed by atoms with E-state index in [9.17, 15) is 9.59 Å². The average molecular weight is 395 g/mol. The van der Waals surface area contributed by atoms with Crippen molar-refractivity contribution in [2.75, 3.05) is 12.4 Å². The van der Waals surface area contributed by atoms with Gasteiger partial charge in [-0.05, 0) is 64.7 Å². The molecule has 0 spiro atoms. The number of hydrogen-bond acceptors (Lipinski definition) is 3. The highest BCUT2D eigenvalue weighted by Crippen LogP contribution is 2.24. The van der Waals surface area contributed by atoms with Crippen LogP contribution in [0.1, 0.15) is 31.8 Å². The molecule has 148 valence electrons. The van der Waals surface area contributed by atoms with Crippen LogP contribution in [0.3, 0.4) is 0 Å². The number of hydrogen-bond donors (Lipinski definition) is 1. The van der Waals surface area contributed by atoms with E-state index in [-0.39, 0.29) is 5.91 Å². The van der Waals surface area contributed by atoms with Crippen molar-refractivity contribution >= 4 is 28.3 Å². The molecule has 0 saturated heterocycles. The number of methoxy groups -OCH3 is 1. The predicted molar refractivity (Wildman–Crippen MR) is 119 cm³/mol. The Kier molecular flexibility index (Phi) is 5.57. The van der Waals surface area contributed by atoms with Crippen molar-refractivity contribution in [3.05, 3.63) is 113 Å². The summed E-state index contributed by atoms with van der Waals surface area (Å²) < 4.78 is 4.69. The molecule has 0 aliphatic rings. The quantitative estimate of drug-likeness (QED) is 0.456. The van der Waals surface area contributed by atoms with Gasteiger partial charge in [-0.2, -0.15) is 0 Å². The van der Waals surface area contributed by atoms with Crippen LogP contribution in [-0.2, 0) is 11.2 Å². The van der Waals surface area contributed by atoms with Crippen molar-refractivity contribution < 1.29 is 14.3 Å². The molecule has 4 aromatic rings. The molecular formula is C26H21NO3. The lowest BCUT2D eigenvalue weighted by molar-refractivity contribution is 0.0600. The second-order valence-electron chi connectivity index (χ2n) is 7.04. The van der Waals surface area contributed by atoms with Crippen molar-refractivity contribution in [3.8, 4) is 0 Å². The van der Waals surface area contributed by atoms with Gasteiger partial charge in [-0.25, -0.2) is 4.79 Å². The fraction of sp³-hybridized carbons (Fsp3) is 0.0769. The Hall–Kier alpha value is -3.92. The highest BCUT2D eigenvalue weighted by atomic mass is 16.5. The van der Waals surface area contributed by atoms with Crippen LogP contribution in [0.4, 0.5) is 5.69 Å². The van der Waals surface area contributed by atoms with E-state index in [1.807, 2.05) is 42.5 Å². The van der Waals surface area contributed by atoms with Crippen LogP contribution in [0.25, 0.3) is 10.8 Å². The Morgan fingerprint density at radius 2 is 1.53 bits per heavy atom. The third-order valence-electron chi connectivity index (χ3n) is 5.04. The molecule has 0 atom stereocenters. The van der Waals surface area contributed by atoms with Crippen LogP contribution in [-0.4, -0.2) is 19.0 Å². The molecule has 4 nitrogen and oxygen atoms in total. The molecule has 30 heavy (non-hydrogen) atoms. The number of anilines is 1. The molecule has 0 fully saturated rings. The Morgan fingerprint density at radius 3 is 2.27 bits per heavy atom. The number of carbonyl (C=O) groups is 2. The zero-order chi connectivity index (χ0) is 20.9. The van der Waals surface area contributed by atoms with Gasteiger partial charge in [-0.1, -0.05) is 54.6 Å². The molecule has 0 bridgehead atoms. The van der Waals surface area contributed by atoms with Gasteiger partial charge in [0.05, 0.1) is 12.7 Å². The van der Waals surface area contributed by atoms with Gasteiger partial charge in [0.25, 0.3) is 5.91 Å². The number of nitrogens with one attached hydrogen (secondary N) is 1. The summed E-state index contributed by atoms with van der Waals surface area (Å²) >= 11 is 0. The first-order valence-electron chi connectivity index (χ1n) is 9.69. The zero-order valence-corrected chi connectivity index (χ0v) is 16.6. The van der Waals surface area contributed by atoms with Gasteiger partial charge < -0.3 is 10.1 Å². The Balaban J connectivity index is 1.58. The third kappa shape index (κ3) is 4.23. The second-order valence-corrected chi connectivity index (χ2v) is 7.04. The number of fused-ring (bicyclic) bond motifs is 1. The number of ether oxygens (including phenoxy) is 1. The topological polar surface area (TPSA) is 55.4 Å². The molecular weight excluding hydrogens is 374 g/mol. The Labute approximate surface area is 175 Å². The molecule has 4 aromatic carbocycles. The van der Waals surface area contributed by atoms with E-state index in [1.54, 1.807) is 24.3 Å². The van der Waals surface area contributed by atoms with Crippen LogP contribution in [0, 0.1) is 0 Å². The smallest absolute Gasteiger partial charge is 0.337 e. The number of rotatable bonds is 5. The maximum Gasteiger partial charge on any atom is 0.337 e. The fourth-order valence-electron chi connectivity index (χ4n) is 3.46. The van der Waals surface area contributed by atoms with Gasteiger partial charge in [0.15, 0.2) is 0 Å². The lowest BCUT2D eigenvalue weighted by Crippen LogP contribution is -2.12. The largest absolute Gasteiger partial charge is 0.465 e. The van der Waals surface area contributed by atoms with Gasteiger partial charge in [0.2, 0.25) is 0 Å². The molecule has 1 amide bonds. The van der Waals surface area contributed by atoms with Gasteiger partial charge in [0.1, 0.15) is 0 Å². The van der Waals surface area contributed by atoms with E-state index >= 15 is 0 Å². The number of carbonyl (C=O) groups excluding carboxylic acids is 2. The summed E-state index contributed by atoms with van der Waals surface area (Å²) in [4.78, 5) is 24.3. The summed E-state index contributed by atoms with van der Waals surface area (Å²) in [6.07, 6.45) is 0.804. The van der Waals surface area contributed by atoms with Gasteiger partial charge in [0, 0.05) is 11.3 Å². The fourth-order valence-corrected chi connectivity index (χ4v) is 3.46. The van der Waals surface area contributed by atoms with Crippen molar-refractivity contribution in [2.45, 2.75) is 6.42 Å². The highest BCUT2D eigenvalue weighted by molar-refractivity contribution is 6.07. The maximum absolute atomic E-state index is 12.8. The van der Waals surface area contributed by atoms with Gasteiger partial charge in [-0.15, -0.1) is 0 Å². The first-order valence-corrected chi connectivity index (χ1v) is 9.69. The van der Waals surface area contributed by atoms with Crippen LogP contribution in [0.5, 0.6) is 0 Å². The SMILES string of the molecule is COC(=O)c1ccc(NC(=O)c2ccc3cccc(Cc4ccccc4)c3c2)cc1. The van der Waals surface area contributed by atoms with E-state index in [0.717, 1.165) is 17.2 Å². The number of amides is 1. The minimum atomic E-state index is -0.409. The van der Waals surface area contributed by atoms with Crippen molar-refractivity contribution in [3.63, 3.8) is 0 Å². The zero-order valence-electron chi connectivity index (χ0n) is 16.6. The molecule has 4 rings (SSSR count). The molecule has 0 aliphatic carbocycles. The summed E-state index contributed by atoms with van der Waals surface area (Å²) in [6.45, 7) is 0. The second kappa shape index (κ2) is 8.62. The predicted octanol–water partition coefficient (Wildman–Crippen LogP) is 5.47. The summed E-state index contributed by atoms with van der Waals surface area (Å²) in [5.74, 6) is -0.606. The highest BCUT2D eigenvalue weighted by Gasteiger charge is 2.10. The van der Waals surface area contributed by atoms with Gasteiger partial charge in [-0.3, -0.25) is 4.79 Å². The minimum Gasteiger partial charge on any atom is -0.465 e. The van der Waals surface area contributed by atoms with E-state index in [2.05, 4.69) is 29.6 Å². The van der Waals surface area contributed by atoms with Crippen LogP contribution < -0.4 is 5.32 Å². The van der Waals surface area contributed by atoms with E-state index in [0.29, 0.717) is 16.8 Å². The molecule has 0 aliphatic heterocycles. The first kappa shape index (κ1) is 19.4. The standard InChI is InChI=1S/C26H21NO3/c1-30-26(29)20-12-14-23(15-13-20)27-25(28)22-11-10-19-8-5-9-21(24(19)17-22)16-18-6-3-2-4-7-18/h2-15,17H,16H2,1H3,(H,27,28). The van der Waals surface area contributed by atoms with E-state index in [1.165, 1.54) is 18.2 Å². The van der Waals surface area contributed by atoms with Crippen molar-refractivity contribution in [1.82, 2.24) is 0 Å². The summed E-state index contributed by atoms with van der Waals surface area (Å²) in [5.41, 5.74) is 4.04. The number of esters is 1. The Bertz CT molecular complexity index is 1200. The molecule has 0 unspecified atom stereocenters. The first-order chi connectivity index (χ1) is 14.6. The lowest BCUT2D eigenvalue weighted by Gasteiger charge is -2.10. The third-order valence-corrected chi connectivity index (χ3v) is 5.04. The monoisotopic (exact) mass is 395 g/mol. The van der Waals surface area contributed by atoms with Gasteiger partial charge >= 0.3 is 5.97 Å². The van der Waals surface area contributed by atoms with Crippen molar-refractivity contribution in [1.29, 1.82) is 0 Å². The molecule has 4 heteroatoms. The minimum absolute atomic E-state index is 0.197. The van der Waals surface area contributed by atoms with Crippen LogP contribution >= 0.6 is 0 Å². The van der Waals surface area contributed by atoms with Crippen LogP contribution in [0.15, 0.2) is 91.0 Å². The molecule has 0 radical (unpaired) electrons. The summed E-state index contributed by atoms with van der Waals surface area (Å²) in [5, 5.41) is 5.05. The number of benzene rings is 4. The van der Waals surface area contributed by atoms with E-state index in [4.69, 9.17) is 4.74 Å². The molecule has 0 saturated carbocycles. The normalized spacial score (nSPS) is 10.6. The molecule has 0 aromatic heterocycles. The lowest BCUT2D eigenvalue weighted by atomic mass is 9.97.